The number of carbonyl (C=O) groups is 1. The third kappa shape index (κ3) is 4.41. The first-order valence-corrected chi connectivity index (χ1v) is 10.2. The molecule has 4 rings (SSSR count). The molecule has 0 saturated carbocycles. The van der Waals surface area contributed by atoms with Gasteiger partial charge >= 0.3 is 0 Å². The lowest BCUT2D eigenvalue weighted by atomic mass is 10.2. The normalized spacial score (nSPS) is 13.9. The zero-order valence-corrected chi connectivity index (χ0v) is 17.8. The molecular formula is C22H20Cl2N2O4. The molecule has 1 amide bonds. The summed E-state index contributed by atoms with van der Waals surface area (Å²) in [6, 6.07) is 14.0. The Hall–Kier alpha value is -2.67. The fourth-order valence-electron chi connectivity index (χ4n) is 3.30. The van der Waals surface area contributed by atoms with Crippen LogP contribution >= 0.6 is 23.2 Å². The van der Waals surface area contributed by atoms with E-state index in [4.69, 9.17) is 37.1 Å². The molecule has 1 aliphatic rings. The van der Waals surface area contributed by atoms with Gasteiger partial charge in [-0.05, 0) is 42.5 Å². The van der Waals surface area contributed by atoms with E-state index in [0.29, 0.717) is 46.0 Å². The first-order valence-electron chi connectivity index (χ1n) is 9.42. The van der Waals surface area contributed by atoms with E-state index in [9.17, 15) is 4.79 Å². The Morgan fingerprint density at radius 3 is 2.60 bits per heavy atom. The van der Waals surface area contributed by atoms with Gasteiger partial charge < -0.3 is 24.1 Å². The summed E-state index contributed by atoms with van der Waals surface area (Å²) in [5.74, 6) is 0.942. The van der Waals surface area contributed by atoms with E-state index in [1.54, 1.807) is 43.5 Å². The highest BCUT2D eigenvalue weighted by atomic mass is 35.5. The maximum Gasteiger partial charge on any atom is 0.291 e. The molecule has 0 spiro atoms. The number of ether oxygens (including phenoxy) is 2. The number of halogens is 2. The van der Waals surface area contributed by atoms with Crippen molar-refractivity contribution in [2.45, 2.75) is 0 Å². The molecule has 1 fully saturated rings. The Labute approximate surface area is 184 Å². The number of methoxy groups -OCH3 is 1. The maximum atomic E-state index is 12.9. The molecule has 6 nitrogen and oxygen atoms in total. The Morgan fingerprint density at radius 1 is 1.07 bits per heavy atom. The van der Waals surface area contributed by atoms with Crippen LogP contribution in [0.25, 0.3) is 11.3 Å². The predicted octanol–water partition coefficient (Wildman–Crippen LogP) is 5.35. The first-order chi connectivity index (χ1) is 14.5. The monoisotopic (exact) mass is 446 g/mol. The summed E-state index contributed by atoms with van der Waals surface area (Å²) in [6.07, 6.45) is 0. The van der Waals surface area contributed by atoms with Crippen LogP contribution in [0, 0.1) is 0 Å². The maximum absolute atomic E-state index is 12.9. The molecule has 1 N–H and O–H groups in total. The van der Waals surface area contributed by atoms with Gasteiger partial charge in [-0.1, -0.05) is 23.2 Å². The standard InChI is InChI=1S/C22H20Cl2N2O4/c1-28-15-3-5-19(26-8-10-29-11-9-26)18(13-15)25-22(27)21-7-6-20(30-21)16-4-2-14(23)12-17(16)24/h2-7,12-13H,8-11H2,1H3,(H,25,27). The minimum atomic E-state index is -0.367. The number of morpholine rings is 1. The van der Waals surface area contributed by atoms with Gasteiger partial charge in [-0.15, -0.1) is 0 Å². The summed E-state index contributed by atoms with van der Waals surface area (Å²) in [4.78, 5) is 15.1. The van der Waals surface area contributed by atoms with Crippen molar-refractivity contribution >= 4 is 40.5 Å². The minimum Gasteiger partial charge on any atom is -0.497 e. The molecule has 2 heterocycles. The average molecular weight is 447 g/mol. The second-order valence-corrected chi connectivity index (χ2v) is 7.57. The predicted molar refractivity (Wildman–Crippen MR) is 118 cm³/mol. The van der Waals surface area contributed by atoms with Crippen molar-refractivity contribution in [1.29, 1.82) is 0 Å². The van der Waals surface area contributed by atoms with Crippen LogP contribution in [0.1, 0.15) is 10.6 Å². The number of anilines is 2. The van der Waals surface area contributed by atoms with Crippen LogP contribution in [-0.2, 0) is 4.74 Å². The van der Waals surface area contributed by atoms with Crippen molar-refractivity contribution in [3.8, 4) is 17.1 Å². The van der Waals surface area contributed by atoms with E-state index in [1.165, 1.54) is 0 Å². The van der Waals surface area contributed by atoms with Gasteiger partial charge in [0, 0.05) is 29.7 Å². The Balaban J connectivity index is 1.58. The van der Waals surface area contributed by atoms with Crippen LogP contribution in [0.4, 0.5) is 11.4 Å². The summed E-state index contributed by atoms with van der Waals surface area (Å²) < 4.78 is 16.5. The highest BCUT2D eigenvalue weighted by molar-refractivity contribution is 6.36. The number of nitrogens with one attached hydrogen (secondary N) is 1. The fraction of sp³-hybridized carbons (Fsp3) is 0.227. The van der Waals surface area contributed by atoms with Crippen LogP contribution < -0.4 is 15.0 Å². The van der Waals surface area contributed by atoms with E-state index in [-0.39, 0.29) is 11.7 Å². The first kappa shape index (κ1) is 20.6. The SMILES string of the molecule is COc1ccc(N2CCOCC2)c(NC(=O)c2ccc(-c3ccc(Cl)cc3Cl)o2)c1. The Morgan fingerprint density at radius 2 is 1.87 bits per heavy atom. The third-order valence-corrected chi connectivity index (χ3v) is 5.38. The van der Waals surface area contributed by atoms with Crippen molar-refractivity contribution in [3.63, 3.8) is 0 Å². The van der Waals surface area contributed by atoms with Gasteiger partial charge in [-0.3, -0.25) is 4.79 Å². The lowest BCUT2D eigenvalue weighted by molar-refractivity contribution is 0.0997. The molecule has 8 heteroatoms. The zero-order chi connectivity index (χ0) is 21.1. The number of furan rings is 1. The molecule has 2 aromatic carbocycles. The van der Waals surface area contributed by atoms with E-state index in [0.717, 1.165) is 18.8 Å². The fourth-order valence-corrected chi connectivity index (χ4v) is 3.80. The Bertz CT molecular complexity index is 1060. The molecule has 3 aromatic rings. The quantitative estimate of drug-likeness (QED) is 0.571. The highest BCUT2D eigenvalue weighted by Gasteiger charge is 2.19. The summed E-state index contributed by atoms with van der Waals surface area (Å²) >= 11 is 12.2. The van der Waals surface area contributed by atoms with Crippen LogP contribution in [-0.4, -0.2) is 39.3 Å². The van der Waals surface area contributed by atoms with Gasteiger partial charge in [0.15, 0.2) is 5.76 Å². The van der Waals surface area contributed by atoms with E-state index >= 15 is 0 Å². The van der Waals surface area contributed by atoms with Gasteiger partial charge in [-0.2, -0.15) is 0 Å². The lowest BCUT2D eigenvalue weighted by Gasteiger charge is -2.30. The van der Waals surface area contributed by atoms with Gasteiger partial charge in [0.1, 0.15) is 11.5 Å². The number of carbonyl (C=O) groups excluding carboxylic acids is 1. The molecule has 0 radical (unpaired) electrons. The number of amides is 1. The average Bonchev–Trinajstić information content (AvgIpc) is 3.24. The molecule has 30 heavy (non-hydrogen) atoms. The van der Waals surface area contributed by atoms with Crippen LogP contribution in [0.5, 0.6) is 5.75 Å². The molecule has 156 valence electrons. The van der Waals surface area contributed by atoms with E-state index in [2.05, 4.69) is 10.2 Å². The summed E-state index contributed by atoms with van der Waals surface area (Å²) in [5.41, 5.74) is 2.21. The van der Waals surface area contributed by atoms with Gasteiger partial charge in [0.25, 0.3) is 5.91 Å². The van der Waals surface area contributed by atoms with Crippen LogP contribution in [0.3, 0.4) is 0 Å². The molecule has 1 saturated heterocycles. The van der Waals surface area contributed by atoms with Crippen LogP contribution in [0.15, 0.2) is 52.9 Å². The number of nitrogens with zero attached hydrogens (tertiary/aromatic N) is 1. The molecule has 0 atom stereocenters. The lowest BCUT2D eigenvalue weighted by Crippen LogP contribution is -2.36. The van der Waals surface area contributed by atoms with Crippen molar-refractivity contribution < 1.29 is 18.7 Å². The molecule has 0 unspecified atom stereocenters. The topological polar surface area (TPSA) is 63.9 Å². The van der Waals surface area contributed by atoms with Crippen molar-refractivity contribution in [1.82, 2.24) is 0 Å². The van der Waals surface area contributed by atoms with Gasteiger partial charge in [-0.25, -0.2) is 0 Å². The second-order valence-electron chi connectivity index (χ2n) is 6.72. The third-order valence-electron chi connectivity index (χ3n) is 4.83. The zero-order valence-electron chi connectivity index (χ0n) is 16.3. The molecule has 0 aliphatic carbocycles. The summed E-state index contributed by atoms with van der Waals surface area (Å²) in [7, 11) is 1.59. The largest absolute Gasteiger partial charge is 0.497 e. The molecule has 1 aliphatic heterocycles. The smallest absolute Gasteiger partial charge is 0.291 e. The number of rotatable bonds is 5. The second kappa shape index (κ2) is 9.00. The van der Waals surface area contributed by atoms with E-state index < -0.39 is 0 Å². The minimum absolute atomic E-state index is 0.173. The van der Waals surface area contributed by atoms with Crippen LogP contribution in [0.2, 0.25) is 10.0 Å². The van der Waals surface area contributed by atoms with Gasteiger partial charge in [0.2, 0.25) is 0 Å². The van der Waals surface area contributed by atoms with Crippen molar-refractivity contribution in [3.05, 3.63) is 64.3 Å². The van der Waals surface area contributed by atoms with Gasteiger partial charge in [0.05, 0.1) is 36.7 Å². The van der Waals surface area contributed by atoms with E-state index in [1.807, 2.05) is 12.1 Å². The molecular weight excluding hydrogens is 427 g/mol. The Kier molecular flexibility index (Phi) is 6.18. The number of hydrogen-bond acceptors (Lipinski definition) is 5. The number of hydrogen-bond donors (Lipinski definition) is 1. The summed E-state index contributed by atoms with van der Waals surface area (Å²) in [5, 5.41) is 3.92. The summed E-state index contributed by atoms with van der Waals surface area (Å²) in [6.45, 7) is 2.77. The molecule has 0 bridgehead atoms. The highest BCUT2D eigenvalue weighted by Crippen LogP contribution is 2.33. The molecule has 1 aromatic heterocycles. The number of benzene rings is 2. The van der Waals surface area contributed by atoms with Crippen molar-refractivity contribution in [2.75, 3.05) is 43.6 Å². The van der Waals surface area contributed by atoms with Crippen molar-refractivity contribution in [2.24, 2.45) is 0 Å².